The van der Waals surface area contributed by atoms with E-state index in [1.165, 1.54) is 0 Å². The van der Waals surface area contributed by atoms with E-state index in [9.17, 15) is 4.79 Å². The van der Waals surface area contributed by atoms with Crippen molar-refractivity contribution in [3.63, 3.8) is 0 Å². The minimum Gasteiger partial charge on any atom is -0.497 e. The number of aromatic nitrogens is 1. The number of carbonyl (C=O) groups excluding carboxylic acids is 1. The van der Waals surface area contributed by atoms with Gasteiger partial charge in [0.2, 0.25) is 5.91 Å². The normalized spacial score (nSPS) is 10.6. The van der Waals surface area contributed by atoms with Gasteiger partial charge in [-0.25, -0.2) is 0 Å². The Morgan fingerprint density at radius 1 is 1.27 bits per heavy atom. The first-order chi connectivity index (χ1) is 10.7. The molecule has 0 atom stereocenters. The first-order valence-corrected chi connectivity index (χ1v) is 7.23. The first-order valence-electron chi connectivity index (χ1n) is 6.85. The highest BCUT2D eigenvalue weighted by molar-refractivity contribution is 6.31. The largest absolute Gasteiger partial charge is 0.497 e. The average Bonchev–Trinajstić information content (AvgIpc) is 2.89. The zero-order chi connectivity index (χ0) is 15.5. The smallest absolute Gasteiger partial charge is 0.228 e. The summed E-state index contributed by atoms with van der Waals surface area (Å²) < 4.78 is 5.14. The maximum absolute atomic E-state index is 12.2. The maximum Gasteiger partial charge on any atom is 0.228 e. The van der Waals surface area contributed by atoms with E-state index in [1.54, 1.807) is 13.2 Å². The van der Waals surface area contributed by atoms with E-state index in [2.05, 4.69) is 10.3 Å². The van der Waals surface area contributed by atoms with E-state index in [1.807, 2.05) is 42.6 Å². The van der Waals surface area contributed by atoms with Crippen LogP contribution in [0.3, 0.4) is 0 Å². The number of amides is 1. The number of carbonyl (C=O) groups is 1. The van der Waals surface area contributed by atoms with Gasteiger partial charge in [-0.1, -0.05) is 17.7 Å². The molecule has 3 rings (SSSR count). The summed E-state index contributed by atoms with van der Waals surface area (Å²) in [5.41, 5.74) is 2.59. The minimum absolute atomic E-state index is 0.0888. The Hall–Kier alpha value is -2.46. The van der Waals surface area contributed by atoms with Crippen LogP contribution in [0, 0.1) is 0 Å². The number of methoxy groups -OCH3 is 1. The lowest BCUT2D eigenvalue weighted by molar-refractivity contribution is -0.115. The summed E-state index contributed by atoms with van der Waals surface area (Å²) in [6.45, 7) is 0. The number of aromatic amines is 1. The van der Waals surface area contributed by atoms with Gasteiger partial charge in [0, 0.05) is 33.9 Å². The van der Waals surface area contributed by atoms with Gasteiger partial charge in [0.15, 0.2) is 0 Å². The third kappa shape index (κ3) is 3.07. The number of benzene rings is 2. The molecule has 0 saturated carbocycles. The summed E-state index contributed by atoms with van der Waals surface area (Å²) in [5, 5.41) is 4.49. The van der Waals surface area contributed by atoms with Crippen molar-refractivity contribution >= 4 is 34.1 Å². The van der Waals surface area contributed by atoms with Crippen molar-refractivity contribution in [2.75, 3.05) is 12.4 Å². The molecule has 5 heteroatoms. The second-order valence-corrected chi connectivity index (χ2v) is 5.40. The van der Waals surface area contributed by atoms with E-state index in [4.69, 9.17) is 16.3 Å². The number of ether oxygens (including phenoxy) is 1. The summed E-state index contributed by atoms with van der Waals surface area (Å²) >= 11 is 6.02. The molecule has 0 bridgehead atoms. The molecule has 112 valence electrons. The quantitative estimate of drug-likeness (QED) is 0.764. The van der Waals surface area contributed by atoms with Crippen LogP contribution in [-0.2, 0) is 11.2 Å². The number of fused-ring (bicyclic) bond motifs is 1. The molecule has 2 N–H and O–H groups in total. The molecule has 2 aromatic carbocycles. The molecule has 22 heavy (non-hydrogen) atoms. The second kappa shape index (κ2) is 6.12. The molecule has 1 amide bonds. The third-order valence-electron chi connectivity index (χ3n) is 3.43. The highest BCUT2D eigenvalue weighted by atomic mass is 35.5. The molecule has 1 aromatic heterocycles. The molecule has 0 spiro atoms. The number of anilines is 1. The van der Waals surface area contributed by atoms with Gasteiger partial charge >= 0.3 is 0 Å². The van der Waals surface area contributed by atoms with Crippen LogP contribution >= 0.6 is 11.6 Å². The van der Waals surface area contributed by atoms with Gasteiger partial charge in [-0.15, -0.1) is 0 Å². The maximum atomic E-state index is 12.2. The number of rotatable bonds is 4. The zero-order valence-electron chi connectivity index (χ0n) is 12.0. The standard InChI is InChI=1S/C17H15ClN2O2/c1-22-14-4-2-3-13(9-14)20-17(21)7-11-10-19-16-6-5-12(18)8-15(11)16/h2-6,8-10,19H,7H2,1H3,(H,20,21). The van der Waals surface area contributed by atoms with Crippen molar-refractivity contribution in [1.82, 2.24) is 4.98 Å². The molecule has 3 aromatic rings. The van der Waals surface area contributed by atoms with Crippen LogP contribution in [0.5, 0.6) is 5.75 Å². The summed E-state index contributed by atoms with van der Waals surface area (Å²) in [5.74, 6) is 0.616. The number of hydrogen-bond donors (Lipinski definition) is 2. The Balaban J connectivity index is 1.76. The van der Waals surface area contributed by atoms with Crippen LogP contribution in [-0.4, -0.2) is 18.0 Å². The van der Waals surface area contributed by atoms with Crippen LogP contribution in [0.25, 0.3) is 10.9 Å². The van der Waals surface area contributed by atoms with Crippen molar-refractivity contribution in [1.29, 1.82) is 0 Å². The van der Waals surface area contributed by atoms with Crippen LogP contribution in [0.4, 0.5) is 5.69 Å². The fourth-order valence-electron chi connectivity index (χ4n) is 2.38. The number of halogens is 1. The molecule has 0 saturated heterocycles. The highest BCUT2D eigenvalue weighted by Gasteiger charge is 2.10. The van der Waals surface area contributed by atoms with E-state index >= 15 is 0 Å². The monoisotopic (exact) mass is 314 g/mol. The lowest BCUT2D eigenvalue weighted by Crippen LogP contribution is -2.14. The summed E-state index contributed by atoms with van der Waals surface area (Å²) in [7, 11) is 1.59. The molecular formula is C17H15ClN2O2. The Kier molecular flexibility index (Phi) is 4.02. The molecule has 0 unspecified atom stereocenters. The molecule has 0 aliphatic carbocycles. The van der Waals surface area contributed by atoms with Crippen molar-refractivity contribution in [2.24, 2.45) is 0 Å². The van der Waals surface area contributed by atoms with Crippen molar-refractivity contribution < 1.29 is 9.53 Å². The summed E-state index contributed by atoms with van der Waals surface area (Å²) in [4.78, 5) is 15.4. The predicted molar refractivity (Wildman–Crippen MR) is 88.6 cm³/mol. The number of hydrogen-bond acceptors (Lipinski definition) is 2. The minimum atomic E-state index is -0.0888. The molecule has 1 heterocycles. The van der Waals surface area contributed by atoms with Crippen molar-refractivity contribution in [3.8, 4) is 5.75 Å². The Labute approximate surface area is 133 Å². The number of nitrogens with one attached hydrogen (secondary N) is 2. The van der Waals surface area contributed by atoms with E-state index < -0.39 is 0 Å². The Bertz CT molecular complexity index is 826. The first kappa shape index (κ1) is 14.5. The fraction of sp³-hybridized carbons (Fsp3) is 0.118. The third-order valence-corrected chi connectivity index (χ3v) is 3.67. The molecule has 0 aliphatic heterocycles. The zero-order valence-corrected chi connectivity index (χ0v) is 12.8. The Morgan fingerprint density at radius 2 is 2.14 bits per heavy atom. The molecular weight excluding hydrogens is 300 g/mol. The van der Waals surface area contributed by atoms with Gasteiger partial charge < -0.3 is 15.0 Å². The Morgan fingerprint density at radius 3 is 2.95 bits per heavy atom. The highest BCUT2D eigenvalue weighted by Crippen LogP contribution is 2.23. The molecule has 0 aliphatic rings. The van der Waals surface area contributed by atoms with Gasteiger partial charge in [-0.05, 0) is 35.9 Å². The van der Waals surface area contributed by atoms with Crippen LogP contribution in [0.15, 0.2) is 48.7 Å². The SMILES string of the molecule is COc1cccc(NC(=O)Cc2c[nH]c3ccc(Cl)cc23)c1. The van der Waals surface area contributed by atoms with Crippen LogP contribution in [0.1, 0.15) is 5.56 Å². The van der Waals surface area contributed by atoms with Gasteiger partial charge in [0.05, 0.1) is 13.5 Å². The van der Waals surface area contributed by atoms with E-state index in [0.717, 1.165) is 16.5 Å². The second-order valence-electron chi connectivity index (χ2n) is 4.96. The van der Waals surface area contributed by atoms with Gasteiger partial charge in [0.1, 0.15) is 5.75 Å². The van der Waals surface area contributed by atoms with Crippen molar-refractivity contribution in [2.45, 2.75) is 6.42 Å². The lowest BCUT2D eigenvalue weighted by atomic mass is 10.1. The van der Waals surface area contributed by atoms with Crippen LogP contribution < -0.4 is 10.1 Å². The lowest BCUT2D eigenvalue weighted by Gasteiger charge is -2.06. The average molecular weight is 315 g/mol. The molecule has 0 radical (unpaired) electrons. The van der Waals surface area contributed by atoms with E-state index in [-0.39, 0.29) is 12.3 Å². The van der Waals surface area contributed by atoms with E-state index in [0.29, 0.717) is 16.5 Å². The summed E-state index contributed by atoms with van der Waals surface area (Å²) in [6, 6.07) is 12.9. The van der Waals surface area contributed by atoms with Crippen LogP contribution in [0.2, 0.25) is 5.02 Å². The predicted octanol–water partition coefficient (Wildman–Crippen LogP) is 4.01. The van der Waals surface area contributed by atoms with Gasteiger partial charge in [-0.3, -0.25) is 4.79 Å². The number of H-pyrrole nitrogens is 1. The van der Waals surface area contributed by atoms with Gasteiger partial charge in [-0.2, -0.15) is 0 Å². The molecule has 4 nitrogen and oxygen atoms in total. The fourth-order valence-corrected chi connectivity index (χ4v) is 2.55. The topological polar surface area (TPSA) is 54.1 Å². The summed E-state index contributed by atoms with van der Waals surface area (Å²) in [6.07, 6.45) is 2.11. The van der Waals surface area contributed by atoms with Crippen molar-refractivity contribution in [3.05, 3.63) is 59.2 Å². The molecule has 0 fully saturated rings. The van der Waals surface area contributed by atoms with Gasteiger partial charge in [0.25, 0.3) is 0 Å².